The van der Waals surface area contributed by atoms with Crippen LogP contribution in [-0.2, 0) is 6.42 Å². The molecule has 0 saturated carbocycles. The topological polar surface area (TPSA) is 9.23 Å². The quantitative estimate of drug-likeness (QED) is 0.734. The summed E-state index contributed by atoms with van der Waals surface area (Å²) < 4.78 is 5.15. The predicted molar refractivity (Wildman–Crippen MR) is 69.9 cm³/mol. The van der Waals surface area contributed by atoms with Crippen molar-refractivity contribution < 1.29 is 4.74 Å². The van der Waals surface area contributed by atoms with Crippen LogP contribution in [0.5, 0.6) is 5.75 Å². The second-order valence-electron chi connectivity index (χ2n) is 5.92. The normalized spacial score (nSPS) is 13.6. The third kappa shape index (κ3) is 4.69. The van der Waals surface area contributed by atoms with Crippen LogP contribution < -0.4 is 4.74 Å². The summed E-state index contributed by atoms with van der Waals surface area (Å²) in [6.45, 7) is 9.24. The maximum atomic E-state index is 5.15. The summed E-state index contributed by atoms with van der Waals surface area (Å²) in [7, 11) is 1.71. The molecular formula is C15H24O. The van der Waals surface area contributed by atoms with Crippen LogP contribution in [0.15, 0.2) is 24.3 Å². The number of ether oxygens (including phenoxy) is 1. The minimum absolute atomic E-state index is 0.423. The van der Waals surface area contributed by atoms with Crippen molar-refractivity contribution >= 4 is 0 Å². The van der Waals surface area contributed by atoms with Crippen LogP contribution >= 0.6 is 0 Å². The minimum Gasteiger partial charge on any atom is -0.497 e. The molecule has 0 aliphatic rings. The lowest BCUT2D eigenvalue weighted by molar-refractivity contribution is 0.306. The Balaban J connectivity index is 2.53. The highest BCUT2D eigenvalue weighted by Crippen LogP contribution is 2.26. The maximum absolute atomic E-state index is 5.15. The molecule has 0 fully saturated rings. The summed E-state index contributed by atoms with van der Waals surface area (Å²) >= 11 is 0. The Morgan fingerprint density at radius 3 is 2.12 bits per heavy atom. The molecule has 0 radical (unpaired) electrons. The molecule has 1 rings (SSSR count). The van der Waals surface area contributed by atoms with Crippen LogP contribution in [0.25, 0.3) is 0 Å². The minimum atomic E-state index is 0.423. The highest BCUT2D eigenvalue weighted by molar-refractivity contribution is 5.27. The highest BCUT2D eigenvalue weighted by atomic mass is 16.5. The van der Waals surface area contributed by atoms with Crippen LogP contribution in [0, 0.1) is 11.3 Å². The Hall–Kier alpha value is -0.980. The SMILES string of the molecule is COc1ccc(CC(C)CC(C)(C)C)cc1. The number of hydrogen-bond donors (Lipinski definition) is 0. The number of rotatable bonds is 4. The summed E-state index contributed by atoms with van der Waals surface area (Å²) in [5.41, 5.74) is 1.82. The second kappa shape index (κ2) is 5.38. The molecule has 1 unspecified atom stereocenters. The molecule has 0 saturated heterocycles. The number of benzene rings is 1. The van der Waals surface area contributed by atoms with Crippen molar-refractivity contribution in [2.45, 2.75) is 40.5 Å². The van der Waals surface area contributed by atoms with Gasteiger partial charge >= 0.3 is 0 Å². The average molecular weight is 220 g/mol. The zero-order chi connectivity index (χ0) is 12.2. The lowest BCUT2D eigenvalue weighted by atomic mass is 9.83. The molecule has 1 heteroatoms. The Bertz CT molecular complexity index is 305. The molecule has 1 aromatic carbocycles. The number of hydrogen-bond acceptors (Lipinski definition) is 1. The zero-order valence-corrected chi connectivity index (χ0v) is 11.2. The fourth-order valence-electron chi connectivity index (χ4n) is 2.28. The van der Waals surface area contributed by atoms with E-state index in [1.165, 1.54) is 12.0 Å². The number of methoxy groups -OCH3 is 1. The summed E-state index contributed by atoms with van der Waals surface area (Å²) in [5.74, 6) is 1.67. The molecule has 1 nitrogen and oxygen atoms in total. The van der Waals surface area contributed by atoms with Crippen molar-refractivity contribution in [1.82, 2.24) is 0 Å². The van der Waals surface area contributed by atoms with E-state index in [0.29, 0.717) is 5.41 Å². The third-order valence-corrected chi connectivity index (χ3v) is 2.70. The van der Waals surface area contributed by atoms with Gasteiger partial charge < -0.3 is 4.74 Å². The molecule has 0 N–H and O–H groups in total. The van der Waals surface area contributed by atoms with Crippen molar-refractivity contribution in [2.75, 3.05) is 7.11 Å². The molecule has 0 aromatic heterocycles. The van der Waals surface area contributed by atoms with Crippen molar-refractivity contribution in [3.63, 3.8) is 0 Å². The first kappa shape index (κ1) is 13.1. The van der Waals surface area contributed by atoms with Crippen LogP contribution in [0.4, 0.5) is 0 Å². The Morgan fingerprint density at radius 2 is 1.69 bits per heavy atom. The zero-order valence-electron chi connectivity index (χ0n) is 11.2. The van der Waals surface area contributed by atoms with Crippen LogP contribution in [0.1, 0.15) is 39.7 Å². The van der Waals surface area contributed by atoms with Crippen LogP contribution in [0.2, 0.25) is 0 Å². The van der Waals surface area contributed by atoms with Crippen LogP contribution in [-0.4, -0.2) is 7.11 Å². The van der Waals surface area contributed by atoms with E-state index in [1.54, 1.807) is 7.11 Å². The Kier molecular flexibility index (Phi) is 4.40. The predicted octanol–water partition coefficient (Wildman–Crippen LogP) is 4.31. The lowest BCUT2D eigenvalue weighted by Crippen LogP contribution is -2.12. The van der Waals surface area contributed by atoms with E-state index >= 15 is 0 Å². The highest BCUT2D eigenvalue weighted by Gasteiger charge is 2.15. The average Bonchev–Trinajstić information content (AvgIpc) is 2.16. The van der Waals surface area contributed by atoms with E-state index in [1.807, 2.05) is 12.1 Å². The van der Waals surface area contributed by atoms with Gasteiger partial charge in [0, 0.05) is 0 Å². The standard InChI is InChI=1S/C15H24O/c1-12(11-15(2,3)4)10-13-6-8-14(16-5)9-7-13/h6-9,12H,10-11H2,1-5H3. The van der Waals surface area contributed by atoms with Gasteiger partial charge in [0.15, 0.2) is 0 Å². The van der Waals surface area contributed by atoms with Gasteiger partial charge in [-0.25, -0.2) is 0 Å². The molecule has 0 heterocycles. The Morgan fingerprint density at radius 1 is 1.12 bits per heavy atom. The molecule has 1 aromatic rings. The van der Waals surface area contributed by atoms with E-state index in [0.717, 1.165) is 18.1 Å². The monoisotopic (exact) mass is 220 g/mol. The van der Waals surface area contributed by atoms with Gasteiger partial charge in [-0.1, -0.05) is 39.8 Å². The van der Waals surface area contributed by atoms with E-state index in [2.05, 4.69) is 39.8 Å². The molecule has 0 amide bonds. The molecule has 0 aliphatic heterocycles. The first-order chi connectivity index (χ1) is 7.40. The molecule has 0 aliphatic carbocycles. The summed E-state index contributed by atoms with van der Waals surface area (Å²) in [5, 5.41) is 0. The molecule has 90 valence electrons. The third-order valence-electron chi connectivity index (χ3n) is 2.70. The first-order valence-electron chi connectivity index (χ1n) is 6.03. The molecule has 1 atom stereocenters. The fraction of sp³-hybridized carbons (Fsp3) is 0.600. The van der Waals surface area contributed by atoms with Gasteiger partial charge in [-0.05, 0) is 41.9 Å². The molecule has 16 heavy (non-hydrogen) atoms. The largest absolute Gasteiger partial charge is 0.497 e. The van der Waals surface area contributed by atoms with Gasteiger partial charge in [0.1, 0.15) is 5.75 Å². The van der Waals surface area contributed by atoms with Crippen molar-refractivity contribution in [3.8, 4) is 5.75 Å². The van der Waals surface area contributed by atoms with E-state index < -0.39 is 0 Å². The van der Waals surface area contributed by atoms with E-state index in [-0.39, 0.29) is 0 Å². The summed E-state index contributed by atoms with van der Waals surface area (Å²) in [6, 6.07) is 8.41. The summed E-state index contributed by atoms with van der Waals surface area (Å²) in [6.07, 6.45) is 2.42. The van der Waals surface area contributed by atoms with Crippen molar-refractivity contribution in [3.05, 3.63) is 29.8 Å². The van der Waals surface area contributed by atoms with E-state index in [9.17, 15) is 0 Å². The Labute approximate surface area is 99.8 Å². The van der Waals surface area contributed by atoms with Gasteiger partial charge in [-0.3, -0.25) is 0 Å². The molecular weight excluding hydrogens is 196 g/mol. The molecule has 0 bridgehead atoms. The maximum Gasteiger partial charge on any atom is 0.118 e. The molecule has 0 spiro atoms. The second-order valence-corrected chi connectivity index (χ2v) is 5.92. The van der Waals surface area contributed by atoms with E-state index in [4.69, 9.17) is 4.74 Å². The lowest BCUT2D eigenvalue weighted by Gasteiger charge is -2.23. The van der Waals surface area contributed by atoms with Crippen molar-refractivity contribution in [2.24, 2.45) is 11.3 Å². The van der Waals surface area contributed by atoms with Gasteiger partial charge in [0.05, 0.1) is 7.11 Å². The van der Waals surface area contributed by atoms with Gasteiger partial charge in [0.2, 0.25) is 0 Å². The van der Waals surface area contributed by atoms with Gasteiger partial charge in [-0.2, -0.15) is 0 Å². The smallest absolute Gasteiger partial charge is 0.118 e. The van der Waals surface area contributed by atoms with Crippen LogP contribution in [0.3, 0.4) is 0 Å². The van der Waals surface area contributed by atoms with Crippen molar-refractivity contribution in [1.29, 1.82) is 0 Å². The first-order valence-corrected chi connectivity index (χ1v) is 6.03. The van der Waals surface area contributed by atoms with Gasteiger partial charge in [0.25, 0.3) is 0 Å². The summed E-state index contributed by atoms with van der Waals surface area (Å²) in [4.78, 5) is 0. The van der Waals surface area contributed by atoms with Gasteiger partial charge in [-0.15, -0.1) is 0 Å². The fourth-order valence-corrected chi connectivity index (χ4v) is 2.28.